The van der Waals surface area contributed by atoms with E-state index in [9.17, 15) is 9.59 Å². The lowest BCUT2D eigenvalue weighted by atomic mass is 9.72. The van der Waals surface area contributed by atoms with Gasteiger partial charge >= 0.3 is 0 Å². The first kappa shape index (κ1) is 10.2. The first-order valence-electron chi connectivity index (χ1n) is 5.72. The normalized spacial score (nSPS) is 25.7. The van der Waals surface area contributed by atoms with Crippen LogP contribution in [0.2, 0.25) is 0 Å². The molecule has 3 rings (SSSR count). The Kier molecular flexibility index (Phi) is 2.11. The van der Waals surface area contributed by atoms with E-state index in [0.29, 0.717) is 11.1 Å². The van der Waals surface area contributed by atoms with Crippen LogP contribution >= 0.6 is 0 Å². The molecular formula is C15H12O2. The molecule has 0 heterocycles. The lowest BCUT2D eigenvalue weighted by Gasteiger charge is -2.28. The van der Waals surface area contributed by atoms with E-state index in [1.54, 1.807) is 6.07 Å². The predicted molar refractivity (Wildman–Crippen MR) is 65.1 cm³/mol. The average Bonchev–Trinajstić information content (AvgIpc) is 2.36. The van der Waals surface area contributed by atoms with Gasteiger partial charge in [-0.05, 0) is 13.0 Å². The number of carbonyl (C=O) groups excluding carboxylic acids is 2. The fraction of sp³-hybridized carbons (Fsp3) is 0.200. The number of rotatable bonds is 0. The zero-order valence-electron chi connectivity index (χ0n) is 9.51. The second kappa shape index (κ2) is 3.52. The Morgan fingerprint density at radius 1 is 0.882 bits per heavy atom. The first-order chi connectivity index (χ1) is 8.18. The minimum atomic E-state index is -0.304. The van der Waals surface area contributed by atoms with Gasteiger partial charge < -0.3 is 0 Å². The highest BCUT2D eigenvalue weighted by Crippen LogP contribution is 2.34. The van der Waals surface area contributed by atoms with E-state index in [-0.39, 0.29) is 23.4 Å². The molecule has 0 bridgehead atoms. The van der Waals surface area contributed by atoms with Gasteiger partial charge in [-0.1, -0.05) is 42.0 Å². The van der Waals surface area contributed by atoms with Gasteiger partial charge in [0.2, 0.25) is 0 Å². The van der Waals surface area contributed by atoms with Gasteiger partial charge in [0, 0.05) is 11.1 Å². The van der Waals surface area contributed by atoms with Gasteiger partial charge in [-0.15, -0.1) is 0 Å². The number of fused-ring (bicyclic) bond motifs is 2. The van der Waals surface area contributed by atoms with Crippen molar-refractivity contribution in [3.05, 3.63) is 59.2 Å². The topological polar surface area (TPSA) is 34.1 Å². The van der Waals surface area contributed by atoms with Crippen LogP contribution in [0.4, 0.5) is 0 Å². The van der Waals surface area contributed by atoms with Crippen molar-refractivity contribution in [1.29, 1.82) is 0 Å². The number of hydrogen-bond acceptors (Lipinski definition) is 2. The van der Waals surface area contributed by atoms with E-state index < -0.39 is 0 Å². The van der Waals surface area contributed by atoms with E-state index >= 15 is 0 Å². The van der Waals surface area contributed by atoms with Crippen molar-refractivity contribution in [3.63, 3.8) is 0 Å². The molecule has 2 nitrogen and oxygen atoms in total. The molecule has 0 saturated carbocycles. The molecule has 2 aliphatic carbocycles. The lowest BCUT2D eigenvalue weighted by Crippen LogP contribution is -2.35. The van der Waals surface area contributed by atoms with Gasteiger partial charge in [0.25, 0.3) is 0 Å². The van der Waals surface area contributed by atoms with Gasteiger partial charge in [-0.25, -0.2) is 0 Å². The summed E-state index contributed by atoms with van der Waals surface area (Å²) in [6.45, 7) is 1.93. The molecule has 1 aromatic rings. The van der Waals surface area contributed by atoms with Crippen molar-refractivity contribution in [2.45, 2.75) is 6.92 Å². The largest absolute Gasteiger partial charge is 0.293 e. The predicted octanol–water partition coefficient (Wildman–Crippen LogP) is 2.73. The van der Waals surface area contributed by atoms with Crippen LogP contribution in [0.3, 0.4) is 0 Å². The molecule has 0 radical (unpaired) electrons. The second-order valence-electron chi connectivity index (χ2n) is 4.60. The molecule has 2 heteroatoms. The van der Waals surface area contributed by atoms with Crippen LogP contribution < -0.4 is 0 Å². The lowest BCUT2D eigenvalue weighted by molar-refractivity contribution is 0.0801. The fourth-order valence-electron chi connectivity index (χ4n) is 2.54. The molecule has 0 aliphatic heterocycles. The summed E-state index contributed by atoms with van der Waals surface area (Å²) in [5.74, 6) is -0.483. The first-order valence-corrected chi connectivity index (χ1v) is 5.72. The number of ketones is 2. The summed E-state index contributed by atoms with van der Waals surface area (Å²) in [6.07, 6.45) is 7.34. The Morgan fingerprint density at radius 2 is 1.47 bits per heavy atom. The van der Waals surface area contributed by atoms with Crippen molar-refractivity contribution < 1.29 is 9.59 Å². The number of allylic oxidation sites excluding steroid dienone is 4. The zero-order chi connectivity index (χ0) is 12.0. The number of carbonyl (C=O) groups is 2. The van der Waals surface area contributed by atoms with Crippen molar-refractivity contribution >= 4 is 11.6 Å². The van der Waals surface area contributed by atoms with E-state index in [1.165, 1.54) is 0 Å². The van der Waals surface area contributed by atoms with Crippen LogP contribution in [0.1, 0.15) is 26.3 Å². The van der Waals surface area contributed by atoms with Gasteiger partial charge in [0.15, 0.2) is 11.6 Å². The number of aryl methyl sites for hydroxylation is 1. The van der Waals surface area contributed by atoms with Gasteiger partial charge in [0.05, 0.1) is 11.8 Å². The van der Waals surface area contributed by atoms with Gasteiger partial charge in [-0.2, -0.15) is 0 Å². The second-order valence-corrected chi connectivity index (χ2v) is 4.60. The molecule has 0 amide bonds. The Bertz CT molecular complexity index is 579. The van der Waals surface area contributed by atoms with Crippen LogP contribution in [0.15, 0.2) is 42.5 Å². The third-order valence-corrected chi connectivity index (χ3v) is 3.45. The summed E-state index contributed by atoms with van der Waals surface area (Å²) in [5, 5.41) is 0. The van der Waals surface area contributed by atoms with E-state index in [4.69, 9.17) is 0 Å². The van der Waals surface area contributed by atoms with Crippen LogP contribution in [0.25, 0.3) is 0 Å². The summed E-state index contributed by atoms with van der Waals surface area (Å²) in [7, 11) is 0. The van der Waals surface area contributed by atoms with Crippen molar-refractivity contribution in [1.82, 2.24) is 0 Å². The maximum Gasteiger partial charge on any atom is 0.171 e. The highest BCUT2D eigenvalue weighted by atomic mass is 16.1. The minimum Gasteiger partial charge on any atom is -0.293 e. The molecular weight excluding hydrogens is 212 g/mol. The Balaban J connectivity index is 2.21. The molecule has 0 N–H and O–H groups in total. The van der Waals surface area contributed by atoms with E-state index in [2.05, 4.69) is 0 Å². The third-order valence-electron chi connectivity index (χ3n) is 3.45. The summed E-state index contributed by atoms with van der Waals surface area (Å²) in [6, 6.07) is 5.47. The molecule has 2 atom stereocenters. The van der Waals surface area contributed by atoms with E-state index in [0.717, 1.165) is 5.56 Å². The summed E-state index contributed by atoms with van der Waals surface area (Å²) < 4.78 is 0. The van der Waals surface area contributed by atoms with Crippen LogP contribution in [-0.4, -0.2) is 11.6 Å². The summed E-state index contributed by atoms with van der Waals surface area (Å²) in [5.41, 5.74) is 2.16. The molecule has 17 heavy (non-hydrogen) atoms. The Morgan fingerprint density at radius 3 is 2.12 bits per heavy atom. The number of benzene rings is 1. The smallest absolute Gasteiger partial charge is 0.171 e. The van der Waals surface area contributed by atoms with Crippen molar-refractivity contribution in [2.24, 2.45) is 11.8 Å². The maximum atomic E-state index is 12.3. The summed E-state index contributed by atoms with van der Waals surface area (Å²) in [4.78, 5) is 24.6. The SMILES string of the molecule is Cc1ccc2c(c1)C(=O)C1C=CC=CC1C2=O. The Hall–Kier alpha value is -1.96. The van der Waals surface area contributed by atoms with Gasteiger partial charge in [-0.3, -0.25) is 9.59 Å². The standard InChI is InChI=1S/C15H12O2/c1-9-6-7-12-13(8-9)15(17)11-5-3-2-4-10(11)14(12)16/h2-8,10-11H,1H3. The fourth-order valence-corrected chi connectivity index (χ4v) is 2.54. The van der Waals surface area contributed by atoms with Crippen LogP contribution in [0.5, 0.6) is 0 Å². The highest BCUT2D eigenvalue weighted by molar-refractivity contribution is 6.17. The quantitative estimate of drug-likeness (QED) is 0.679. The monoisotopic (exact) mass is 224 g/mol. The molecule has 0 aromatic heterocycles. The molecule has 0 saturated heterocycles. The van der Waals surface area contributed by atoms with E-state index in [1.807, 2.05) is 43.4 Å². The molecule has 2 aliphatic rings. The van der Waals surface area contributed by atoms with Crippen LogP contribution in [0, 0.1) is 18.8 Å². The highest BCUT2D eigenvalue weighted by Gasteiger charge is 2.39. The average molecular weight is 224 g/mol. The Labute approximate surface area is 99.6 Å². The van der Waals surface area contributed by atoms with Gasteiger partial charge in [0.1, 0.15) is 0 Å². The molecule has 1 aromatic carbocycles. The molecule has 0 fully saturated rings. The zero-order valence-corrected chi connectivity index (χ0v) is 9.51. The van der Waals surface area contributed by atoms with Crippen molar-refractivity contribution in [3.8, 4) is 0 Å². The molecule has 84 valence electrons. The van der Waals surface area contributed by atoms with Crippen LogP contribution in [-0.2, 0) is 0 Å². The number of hydrogen-bond donors (Lipinski definition) is 0. The third kappa shape index (κ3) is 1.41. The molecule has 2 unspecified atom stereocenters. The van der Waals surface area contributed by atoms with Crippen molar-refractivity contribution in [2.75, 3.05) is 0 Å². The molecule has 0 spiro atoms. The minimum absolute atomic E-state index is 0.0604. The maximum absolute atomic E-state index is 12.3. The summed E-state index contributed by atoms with van der Waals surface area (Å²) >= 11 is 0. The number of Topliss-reactive ketones (excluding diaryl/α,β-unsaturated/α-hetero) is 2.